The third-order valence-corrected chi connectivity index (χ3v) is 5.79. The number of anilines is 2. The van der Waals surface area contributed by atoms with Crippen LogP contribution < -0.4 is 10.2 Å². The third kappa shape index (κ3) is 4.55. The Kier molecular flexibility index (Phi) is 5.55. The van der Waals surface area contributed by atoms with E-state index in [0.717, 1.165) is 63.1 Å². The first-order chi connectivity index (χ1) is 13.1. The summed E-state index contributed by atoms with van der Waals surface area (Å²) in [7, 11) is 0. The van der Waals surface area contributed by atoms with E-state index < -0.39 is 0 Å². The number of hydrogen-bond acceptors (Lipinski definition) is 4. The summed E-state index contributed by atoms with van der Waals surface area (Å²) in [6.45, 7) is 9.67. The van der Waals surface area contributed by atoms with Gasteiger partial charge >= 0.3 is 6.03 Å². The SMILES string of the molecule is C[C@H]1CN(c2ccccc2NC(=O)N2CCCN(C3CC3)CC2)C[C@H](C)O1. The van der Waals surface area contributed by atoms with E-state index in [2.05, 4.69) is 35.0 Å². The smallest absolute Gasteiger partial charge is 0.321 e. The van der Waals surface area contributed by atoms with E-state index >= 15 is 0 Å². The fraction of sp³-hybridized carbons (Fsp3) is 0.667. The lowest BCUT2D eigenvalue weighted by Gasteiger charge is -2.37. The molecule has 2 heterocycles. The first-order valence-corrected chi connectivity index (χ1v) is 10.4. The van der Waals surface area contributed by atoms with E-state index in [4.69, 9.17) is 4.74 Å². The van der Waals surface area contributed by atoms with Crippen LogP contribution in [0.4, 0.5) is 16.2 Å². The molecule has 27 heavy (non-hydrogen) atoms. The normalized spacial score (nSPS) is 27.3. The molecular formula is C21H32N4O2. The van der Waals surface area contributed by atoms with Crippen LogP contribution in [0, 0.1) is 0 Å². The molecule has 1 aromatic carbocycles. The number of nitrogens with one attached hydrogen (secondary N) is 1. The summed E-state index contributed by atoms with van der Waals surface area (Å²) in [6.07, 6.45) is 4.10. The molecule has 2 saturated heterocycles. The predicted molar refractivity (Wildman–Crippen MR) is 108 cm³/mol. The van der Waals surface area contributed by atoms with Gasteiger partial charge in [-0.1, -0.05) is 12.1 Å². The van der Waals surface area contributed by atoms with Gasteiger partial charge in [0.15, 0.2) is 0 Å². The van der Waals surface area contributed by atoms with Gasteiger partial charge in [0.1, 0.15) is 0 Å². The highest BCUT2D eigenvalue weighted by Crippen LogP contribution is 2.30. The molecule has 2 amide bonds. The number of amides is 2. The van der Waals surface area contributed by atoms with Crippen molar-refractivity contribution in [2.24, 2.45) is 0 Å². The van der Waals surface area contributed by atoms with Crippen molar-refractivity contribution in [1.29, 1.82) is 0 Å². The highest BCUT2D eigenvalue weighted by Gasteiger charge is 2.31. The molecule has 0 spiro atoms. The van der Waals surface area contributed by atoms with Gasteiger partial charge in [0.25, 0.3) is 0 Å². The summed E-state index contributed by atoms with van der Waals surface area (Å²) < 4.78 is 5.86. The van der Waals surface area contributed by atoms with E-state index in [-0.39, 0.29) is 18.2 Å². The van der Waals surface area contributed by atoms with Crippen molar-refractivity contribution < 1.29 is 9.53 Å². The van der Waals surface area contributed by atoms with Crippen LogP contribution in [0.25, 0.3) is 0 Å². The highest BCUT2D eigenvalue weighted by atomic mass is 16.5. The first-order valence-electron chi connectivity index (χ1n) is 10.4. The Hall–Kier alpha value is -1.79. The van der Waals surface area contributed by atoms with Gasteiger partial charge < -0.3 is 19.9 Å². The number of rotatable bonds is 3. The summed E-state index contributed by atoms with van der Waals surface area (Å²) in [6, 6.07) is 8.93. The van der Waals surface area contributed by atoms with Crippen LogP contribution in [0.3, 0.4) is 0 Å². The van der Waals surface area contributed by atoms with Gasteiger partial charge in [-0.3, -0.25) is 4.90 Å². The Morgan fingerprint density at radius 1 is 1.04 bits per heavy atom. The molecule has 3 aliphatic rings. The van der Waals surface area contributed by atoms with E-state index in [1.165, 1.54) is 12.8 Å². The third-order valence-electron chi connectivity index (χ3n) is 5.79. The number of carbonyl (C=O) groups excluding carboxylic acids is 1. The van der Waals surface area contributed by atoms with Gasteiger partial charge in [-0.25, -0.2) is 4.79 Å². The van der Waals surface area contributed by atoms with Crippen LogP contribution in [0.5, 0.6) is 0 Å². The van der Waals surface area contributed by atoms with E-state index in [9.17, 15) is 4.79 Å². The zero-order valence-electron chi connectivity index (χ0n) is 16.6. The lowest BCUT2D eigenvalue weighted by atomic mass is 10.1. The van der Waals surface area contributed by atoms with Crippen LogP contribution >= 0.6 is 0 Å². The number of benzene rings is 1. The van der Waals surface area contributed by atoms with Gasteiger partial charge in [0.05, 0.1) is 23.6 Å². The molecule has 6 nitrogen and oxygen atoms in total. The minimum Gasteiger partial charge on any atom is -0.372 e. The second-order valence-electron chi connectivity index (χ2n) is 8.22. The molecular weight excluding hydrogens is 340 g/mol. The largest absolute Gasteiger partial charge is 0.372 e. The van der Waals surface area contributed by atoms with E-state index in [1.54, 1.807) is 0 Å². The number of carbonyl (C=O) groups is 1. The molecule has 4 rings (SSSR count). The summed E-state index contributed by atoms with van der Waals surface area (Å²) in [5.74, 6) is 0. The van der Waals surface area contributed by atoms with Crippen LogP contribution in [0.2, 0.25) is 0 Å². The maximum atomic E-state index is 12.9. The lowest BCUT2D eigenvalue weighted by molar-refractivity contribution is -0.00517. The molecule has 1 aliphatic carbocycles. The number of urea groups is 1. The van der Waals surface area contributed by atoms with Crippen molar-refractivity contribution in [3.8, 4) is 0 Å². The molecule has 148 valence electrons. The maximum Gasteiger partial charge on any atom is 0.321 e. The van der Waals surface area contributed by atoms with Crippen LogP contribution in [-0.4, -0.2) is 73.3 Å². The van der Waals surface area contributed by atoms with Crippen molar-refractivity contribution in [1.82, 2.24) is 9.80 Å². The molecule has 2 aliphatic heterocycles. The van der Waals surface area contributed by atoms with Crippen molar-refractivity contribution in [3.63, 3.8) is 0 Å². The van der Waals surface area contributed by atoms with Crippen molar-refractivity contribution in [2.45, 2.75) is 51.4 Å². The second kappa shape index (κ2) is 8.07. The Labute approximate surface area is 162 Å². The summed E-state index contributed by atoms with van der Waals surface area (Å²) >= 11 is 0. The zero-order valence-corrected chi connectivity index (χ0v) is 16.6. The molecule has 0 radical (unpaired) electrons. The van der Waals surface area contributed by atoms with E-state index in [0.29, 0.717) is 0 Å². The number of nitrogens with zero attached hydrogens (tertiary/aromatic N) is 3. The summed E-state index contributed by atoms with van der Waals surface area (Å²) in [4.78, 5) is 19.8. The number of ether oxygens (including phenoxy) is 1. The maximum absolute atomic E-state index is 12.9. The molecule has 0 unspecified atom stereocenters. The van der Waals surface area contributed by atoms with Crippen LogP contribution in [0.15, 0.2) is 24.3 Å². The van der Waals surface area contributed by atoms with Crippen molar-refractivity contribution in [3.05, 3.63) is 24.3 Å². The number of para-hydroxylation sites is 2. The Bertz CT molecular complexity index is 653. The fourth-order valence-corrected chi connectivity index (χ4v) is 4.37. The van der Waals surface area contributed by atoms with Gasteiger partial charge in [0, 0.05) is 45.3 Å². The minimum atomic E-state index is 0.0226. The zero-order chi connectivity index (χ0) is 18.8. The quantitative estimate of drug-likeness (QED) is 0.886. The Morgan fingerprint density at radius 2 is 1.78 bits per heavy atom. The molecule has 3 fully saturated rings. The topological polar surface area (TPSA) is 48.1 Å². The molecule has 1 aromatic rings. The van der Waals surface area contributed by atoms with Crippen molar-refractivity contribution >= 4 is 17.4 Å². The predicted octanol–water partition coefficient (Wildman–Crippen LogP) is 3.00. The second-order valence-corrected chi connectivity index (χ2v) is 8.22. The summed E-state index contributed by atoms with van der Waals surface area (Å²) in [5, 5.41) is 3.18. The fourth-order valence-electron chi connectivity index (χ4n) is 4.37. The monoisotopic (exact) mass is 372 g/mol. The average Bonchev–Trinajstić information content (AvgIpc) is 3.47. The van der Waals surface area contributed by atoms with Crippen LogP contribution in [-0.2, 0) is 4.74 Å². The molecule has 6 heteroatoms. The average molecular weight is 373 g/mol. The van der Waals surface area contributed by atoms with Gasteiger partial charge in [-0.2, -0.15) is 0 Å². The molecule has 1 saturated carbocycles. The Balaban J connectivity index is 1.42. The highest BCUT2D eigenvalue weighted by molar-refractivity contribution is 5.93. The Morgan fingerprint density at radius 3 is 2.52 bits per heavy atom. The van der Waals surface area contributed by atoms with Gasteiger partial charge in [-0.05, 0) is 45.2 Å². The first kappa shape index (κ1) is 18.6. The lowest BCUT2D eigenvalue weighted by Crippen LogP contribution is -2.46. The molecule has 0 bridgehead atoms. The van der Waals surface area contributed by atoms with Crippen molar-refractivity contribution in [2.75, 3.05) is 49.5 Å². The standard InChI is InChI=1S/C21H32N4O2/c1-16-14-25(15-17(2)27-16)20-7-4-3-6-19(20)22-21(26)24-11-5-10-23(12-13-24)18-8-9-18/h3-4,6-7,16-18H,5,8-15H2,1-2H3,(H,22,26)/t16-,17-/m0/s1. The molecule has 0 aromatic heterocycles. The van der Waals surface area contributed by atoms with E-state index in [1.807, 2.05) is 23.1 Å². The molecule has 2 atom stereocenters. The summed E-state index contributed by atoms with van der Waals surface area (Å²) in [5.41, 5.74) is 1.98. The molecule has 1 N–H and O–H groups in total. The number of hydrogen-bond donors (Lipinski definition) is 1. The van der Waals surface area contributed by atoms with Gasteiger partial charge in [0.2, 0.25) is 0 Å². The minimum absolute atomic E-state index is 0.0226. The number of morpholine rings is 1. The van der Waals surface area contributed by atoms with Gasteiger partial charge in [-0.15, -0.1) is 0 Å². The van der Waals surface area contributed by atoms with Crippen LogP contribution in [0.1, 0.15) is 33.1 Å².